The normalized spacial score (nSPS) is 10.2. The van der Waals surface area contributed by atoms with Crippen LogP contribution < -0.4 is 22.1 Å². The van der Waals surface area contributed by atoms with Gasteiger partial charge < -0.3 is 22.1 Å². The first kappa shape index (κ1) is 15.0. The van der Waals surface area contributed by atoms with Crippen LogP contribution in [0.1, 0.15) is 32.6 Å². The number of hydrogen-bond acceptors (Lipinski definition) is 6. The summed E-state index contributed by atoms with van der Waals surface area (Å²) in [6, 6.07) is 1.82. The van der Waals surface area contributed by atoms with Crippen molar-refractivity contribution in [2.45, 2.75) is 32.6 Å². The van der Waals surface area contributed by atoms with Gasteiger partial charge in [-0.05, 0) is 19.3 Å². The van der Waals surface area contributed by atoms with Crippen LogP contribution in [0.25, 0.3) is 0 Å². The fraction of sp³-hybridized carbons (Fsp3) is 0.583. The fourth-order valence-corrected chi connectivity index (χ4v) is 1.54. The second-order valence-electron chi connectivity index (χ2n) is 4.27. The average Bonchev–Trinajstić information content (AvgIpc) is 2.35. The molecule has 6 N–H and O–H groups in total. The van der Waals surface area contributed by atoms with E-state index in [1.165, 1.54) is 0 Å². The van der Waals surface area contributed by atoms with Gasteiger partial charge in [0.2, 0.25) is 11.9 Å². The summed E-state index contributed by atoms with van der Waals surface area (Å²) in [7, 11) is 0. The Morgan fingerprint density at radius 2 is 1.84 bits per heavy atom. The molecular formula is C12H22N6O. The van der Waals surface area contributed by atoms with Gasteiger partial charge in [0.05, 0.1) is 0 Å². The van der Waals surface area contributed by atoms with Crippen LogP contribution in [-0.2, 0) is 4.79 Å². The predicted octanol–water partition coefficient (Wildman–Crippen LogP) is 0.948. The van der Waals surface area contributed by atoms with Gasteiger partial charge in [0.25, 0.3) is 0 Å². The van der Waals surface area contributed by atoms with Crippen LogP contribution in [0, 0.1) is 0 Å². The third-order valence-electron chi connectivity index (χ3n) is 2.46. The monoisotopic (exact) mass is 266 g/mol. The van der Waals surface area contributed by atoms with Crippen LogP contribution in [-0.4, -0.2) is 29.0 Å². The van der Waals surface area contributed by atoms with Gasteiger partial charge in [-0.25, -0.2) is 0 Å². The highest BCUT2D eigenvalue weighted by Crippen LogP contribution is 2.12. The number of carbonyl (C=O) groups excluding carboxylic acids is 1. The lowest BCUT2D eigenvalue weighted by molar-refractivity contribution is -0.118. The Morgan fingerprint density at radius 1 is 1.21 bits per heavy atom. The second-order valence-corrected chi connectivity index (χ2v) is 4.27. The number of carbonyl (C=O) groups is 1. The van der Waals surface area contributed by atoms with Crippen molar-refractivity contribution < 1.29 is 4.79 Å². The zero-order valence-corrected chi connectivity index (χ0v) is 11.3. The lowest BCUT2D eigenvalue weighted by atomic mass is 10.2. The molecule has 106 valence electrons. The van der Waals surface area contributed by atoms with E-state index in [4.69, 9.17) is 11.5 Å². The van der Waals surface area contributed by atoms with E-state index in [0.29, 0.717) is 18.1 Å². The van der Waals surface area contributed by atoms with Crippen molar-refractivity contribution in [3.63, 3.8) is 0 Å². The summed E-state index contributed by atoms with van der Waals surface area (Å²) >= 11 is 0. The topological polar surface area (TPSA) is 119 Å². The number of nitrogen functional groups attached to an aromatic ring is 1. The Labute approximate surface area is 113 Å². The van der Waals surface area contributed by atoms with Crippen molar-refractivity contribution in [3.8, 4) is 0 Å². The molecule has 0 aliphatic heterocycles. The SMILES string of the molecule is CCCNc1cc(NCCCCC(N)=O)nc(N)n1. The summed E-state index contributed by atoms with van der Waals surface area (Å²) in [5.41, 5.74) is 10.7. The fourth-order valence-electron chi connectivity index (χ4n) is 1.54. The van der Waals surface area contributed by atoms with E-state index >= 15 is 0 Å². The Morgan fingerprint density at radius 3 is 2.42 bits per heavy atom. The molecule has 0 radical (unpaired) electrons. The molecule has 1 rings (SSSR count). The minimum atomic E-state index is -0.266. The van der Waals surface area contributed by atoms with Gasteiger partial charge in [-0.3, -0.25) is 4.79 Å². The van der Waals surface area contributed by atoms with Crippen LogP contribution in [0.5, 0.6) is 0 Å². The Balaban J connectivity index is 2.40. The van der Waals surface area contributed by atoms with E-state index in [1.807, 2.05) is 6.07 Å². The summed E-state index contributed by atoms with van der Waals surface area (Å²) < 4.78 is 0. The molecule has 7 nitrogen and oxygen atoms in total. The zero-order chi connectivity index (χ0) is 14.1. The molecule has 0 bridgehead atoms. The van der Waals surface area contributed by atoms with Gasteiger partial charge in [-0.1, -0.05) is 6.92 Å². The van der Waals surface area contributed by atoms with Crippen molar-refractivity contribution in [2.24, 2.45) is 5.73 Å². The standard InChI is InChI=1S/C12H22N6O/c1-2-6-15-10-8-11(18-12(14)17-10)16-7-4-3-5-9(13)19/h8H,2-7H2,1H3,(H2,13,19)(H4,14,15,16,17,18). The molecule has 0 atom stereocenters. The Kier molecular flexibility index (Phi) is 6.42. The summed E-state index contributed by atoms with van der Waals surface area (Å²) in [5.74, 6) is 1.37. The van der Waals surface area contributed by atoms with Crippen molar-refractivity contribution in [3.05, 3.63) is 6.07 Å². The lowest BCUT2D eigenvalue weighted by Gasteiger charge is -2.09. The highest BCUT2D eigenvalue weighted by Gasteiger charge is 2.01. The molecule has 1 aromatic heterocycles. The second kappa shape index (κ2) is 8.12. The average molecular weight is 266 g/mol. The number of anilines is 3. The Hall–Kier alpha value is -2.05. The molecule has 1 aromatic rings. The molecular weight excluding hydrogens is 244 g/mol. The van der Waals surface area contributed by atoms with Crippen LogP contribution in [0.3, 0.4) is 0 Å². The molecule has 0 unspecified atom stereocenters. The number of nitrogens with two attached hydrogens (primary N) is 2. The van der Waals surface area contributed by atoms with Gasteiger partial charge in [-0.2, -0.15) is 9.97 Å². The number of primary amides is 1. The van der Waals surface area contributed by atoms with Crippen LogP contribution in [0.2, 0.25) is 0 Å². The van der Waals surface area contributed by atoms with Crippen LogP contribution in [0.4, 0.5) is 17.6 Å². The maximum Gasteiger partial charge on any atom is 0.223 e. The van der Waals surface area contributed by atoms with Gasteiger partial charge >= 0.3 is 0 Å². The first-order valence-electron chi connectivity index (χ1n) is 6.52. The van der Waals surface area contributed by atoms with E-state index < -0.39 is 0 Å². The molecule has 0 fully saturated rings. The minimum absolute atomic E-state index is 0.237. The molecule has 1 heterocycles. The molecule has 19 heavy (non-hydrogen) atoms. The smallest absolute Gasteiger partial charge is 0.223 e. The van der Waals surface area contributed by atoms with E-state index in [1.54, 1.807) is 0 Å². The quantitative estimate of drug-likeness (QED) is 0.494. The zero-order valence-electron chi connectivity index (χ0n) is 11.3. The molecule has 0 saturated carbocycles. The molecule has 7 heteroatoms. The van der Waals surface area contributed by atoms with Gasteiger partial charge in [-0.15, -0.1) is 0 Å². The number of rotatable bonds is 9. The van der Waals surface area contributed by atoms with E-state index in [9.17, 15) is 4.79 Å². The lowest BCUT2D eigenvalue weighted by Crippen LogP contribution is -2.12. The number of amides is 1. The summed E-state index contributed by atoms with van der Waals surface area (Å²) in [4.78, 5) is 18.8. The minimum Gasteiger partial charge on any atom is -0.370 e. The number of nitrogens with one attached hydrogen (secondary N) is 2. The van der Waals surface area contributed by atoms with Gasteiger partial charge in [0, 0.05) is 25.6 Å². The van der Waals surface area contributed by atoms with Crippen molar-refractivity contribution in [2.75, 3.05) is 29.5 Å². The summed E-state index contributed by atoms with van der Waals surface area (Å²) in [6.07, 6.45) is 3.05. The third-order valence-corrected chi connectivity index (χ3v) is 2.46. The van der Waals surface area contributed by atoms with E-state index in [0.717, 1.165) is 32.4 Å². The summed E-state index contributed by atoms with van der Waals surface area (Å²) in [5, 5.41) is 6.31. The first-order chi connectivity index (χ1) is 9.11. The molecule has 0 saturated heterocycles. The summed E-state index contributed by atoms with van der Waals surface area (Å²) in [6.45, 7) is 3.64. The van der Waals surface area contributed by atoms with E-state index in [-0.39, 0.29) is 11.9 Å². The molecule has 1 amide bonds. The molecule has 0 aliphatic carbocycles. The van der Waals surface area contributed by atoms with Crippen molar-refractivity contribution in [1.29, 1.82) is 0 Å². The van der Waals surface area contributed by atoms with Crippen molar-refractivity contribution >= 4 is 23.5 Å². The van der Waals surface area contributed by atoms with E-state index in [2.05, 4.69) is 27.5 Å². The predicted molar refractivity (Wildman–Crippen MR) is 76.8 cm³/mol. The molecule has 0 spiro atoms. The molecule has 0 aromatic carbocycles. The maximum atomic E-state index is 10.6. The first-order valence-corrected chi connectivity index (χ1v) is 6.52. The maximum absolute atomic E-state index is 10.6. The van der Waals surface area contributed by atoms with Crippen molar-refractivity contribution in [1.82, 2.24) is 9.97 Å². The van der Waals surface area contributed by atoms with Crippen LogP contribution in [0.15, 0.2) is 6.07 Å². The highest BCUT2D eigenvalue weighted by atomic mass is 16.1. The van der Waals surface area contributed by atoms with Crippen LogP contribution >= 0.6 is 0 Å². The Bertz CT molecular complexity index is 409. The largest absolute Gasteiger partial charge is 0.370 e. The number of aromatic nitrogens is 2. The van der Waals surface area contributed by atoms with Gasteiger partial charge in [0.15, 0.2) is 0 Å². The number of hydrogen-bond donors (Lipinski definition) is 4. The van der Waals surface area contributed by atoms with Gasteiger partial charge in [0.1, 0.15) is 11.6 Å². The highest BCUT2D eigenvalue weighted by molar-refractivity contribution is 5.73. The number of unbranched alkanes of at least 4 members (excludes halogenated alkanes) is 1. The third kappa shape index (κ3) is 6.44. The number of nitrogens with zero attached hydrogens (tertiary/aromatic N) is 2. The molecule has 0 aliphatic rings.